The molecular weight excluding hydrogens is 272 g/mol. The predicted octanol–water partition coefficient (Wildman–Crippen LogP) is 4.06. The Morgan fingerprint density at radius 1 is 1.00 bits per heavy atom. The highest BCUT2D eigenvalue weighted by atomic mass is 19.1. The third-order valence-corrected chi connectivity index (χ3v) is 3.15. The predicted molar refractivity (Wildman–Crippen MR) is 79.5 cm³/mol. The SMILES string of the molecule is CNC(c1cc(F)ccc1F)c1ccccc1OC(C)C. The second kappa shape index (κ2) is 6.68. The number of rotatable bonds is 5. The number of halogens is 2. The monoisotopic (exact) mass is 291 g/mol. The molecular formula is C17H19F2NO. The summed E-state index contributed by atoms with van der Waals surface area (Å²) >= 11 is 0. The molecule has 0 saturated heterocycles. The van der Waals surface area contributed by atoms with E-state index in [9.17, 15) is 8.78 Å². The molecule has 0 amide bonds. The first-order valence-electron chi connectivity index (χ1n) is 6.90. The smallest absolute Gasteiger partial charge is 0.128 e. The Morgan fingerprint density at radius 3 is 2.38 bits per heavy atom. The van der Waals surface area contributed by atoms with Crippen LogP contribution in [0.5, 0.6) is 5.75 Å². The number of para-hydroxylation sites is 1. The molecule has 0 spiro atoms. The van der Waals surface area contributed by atoms with Gasteiger partial charge in [-0.3, -0.25) is 0 Å². The average molecular weight is 291 g/mol. The summed E-state index contributed by atoms with van der Waals surface area (Å²) in [6.07, 6.45) is 0.000938. The van der Waals surface area contributed by atoms with Gasteiger partial charge in [0.15, 0.2) is 0 Å². The van der Waals surface area contributed by atoms with E-state index in [2.05, 4.69) is 5.32 Å². The third kappa shape index (κ3) is 3.58. The van der Waals surface area contributed by atoms with Gasteiger partial charge in [-0.1, -0.05) is 18.2 Å². The van der Waals surface area contributed by atoms with Gasteiger partial charge in [0.05, 0.1) is 12.1 Å². The summed E-state index contributed by atoms with van der Waals surface area (Å²) < 4.78 is 33.2. The molecule has 0 saturated carbocycles. The fourth-order valence-electron chi connectivity index (χ4n) is 2.29. The van der Waals surface area contributed by atoms with E-state index in [1.165, 1.54) is 6.07 Å². The van der Waals surface area contributed by atoms with Crippen LogP contribution in [0.4, 0.5) is 8.78 Å². The normalized spacial score (nSPS) is 12.5. The van der Waals surface area contributed by atoms with Crippen molar-refractivity contribution in [3.8, 4) is 5.75 Å². The molecule has 1 atom stereocenters. The van der Waals surface area contributed by atoms with Crippen molar-refractivity contribution in [1.82, 2.24) is 5.32 Å². The lowest BCUT2D eigenvalue weighted by Gasteiger charge is -2.22. The molecule has 0 heterocycles. The minimum Gasteiger partial charge on any atom is -0.491 e. The number of hydrogen-bond acceptors (Lipinski definition) is 2. The van der Waals surface area contributed by atoms with Crippen molar-refractivity contribution in [3.63, 3.8) is 0 Å². The number of nitrogens with one attached hydrogen (secondary N) is 1. The van der Waals surface area contributed by atoms with Gasteiger partial charge in [-0.15, -0.1) is 0 Å². The molecule has 4 heteroatoms. The standard InChI is InChI=1S/C17H19F2NO/c1-11(2)21-16-7-5-4-6-13(16)17(20-3)14-10-12(18)8-9-15(14)19/h4-11,17,20H,1-3H3. The van der Waals surface area contributed by atoms with E-state index in [0.29, 0.717) is 5.75 Å². The molecule has 0 aromatic heterocycles. The van der Waals surface area contributed by atoms with Crippen LogP contribution in [0, 0.1) is 11.6 Å². The Bertz CT molecular complexity index is 613. The van der Waals surface area contributed by atoms with Crippen molar-refractivity contribution in [2.45, 2.75) is 26.0 Å². The van der Waals surface area contributed by atoms with Gasteiger partial charge in [0.2, 0.25) is 0 Å². The molecule has 0 aliphatic rings. The molecule has 2 aromatic rings. The van der Waals surface area contributed by atoms with E-state index in [4.69, 9.17) is 4.74 Å². The zero-order valence-corrected chi connectivity index (χ0v) is 12.4. The van der Waals surface area contributed by atoms with Crippen molar-refractivity contribution < 1.29 is 13.5 Å². The number of ether oxygens (including phenoxy) is 1. The van der Waals surface area contributed by atoms with Crippen LogP contribution < -0.4 is 10.1 Å². The maximum absolute atomic E-state index is 14.0. The van der Waals surface area contributed by atoms with Crippen molar-refractivity contribution in [2.24, 2.45) is 0 Å². The molecule has 1 N–H and O–H groups in total. The second-order valence-electron chi connectivity index (χ2n) is 5.09. The summed E-state index contributed by atoms with van der Waals surface area (Å²) in [5.74, 6) is -0.250. The van der Waals surface area contributed by atoms with Crippen LogP contribution in [-0.4, -0.2) is 13.2 Å². The van der Waals surface area contributed by atoms with E-state index in [-0.39, 0.29) is 11.7 Å². The maximum atomic E-state index is 14.0. The maximum Gasteiger partial charge on any atom is 0.128 e. The van der Waals surface area contributed by atoms with Crippen LogP contribution in [0.25, 0.3) is 0 Å². The van der Waals surface area contributed by atoms with Gasteiger partial charge in [0.1, 0.15) is 17.4 Å². The van der Waals surface area contributed by atoms with Gasteiger partial charge >= 0.3 is 0 Å². The van der Waals surface area contributed by atoms with Crippen LogP contribution in [-0.2, 0) is 0 Å². The second-order valence-corrected chi connectivity index (χ2v) is 5.09. The molecule has 0 bridgehead atoms. The van der Waals surface area contributed by atoms with E-state index >= 15 is 0 Å². The Labute approximate surface area is 123 Å². The first kappa shape index (κ1) is 15.4. The zero-order valence-electron chi connectivity index (χ0n) is 12.4. The quantitative estimate of drug-likeness (QED) is 0.897. The molecule has 0 aliphatic carbocycles. The lowest BCUT2D eigenvalue weighted by molar-refractivity contribution is 0.238. The van der Waals surface area contributed by atoms with Gasteiger partial charge in [0, 0.05) is 11.1 Å². The minimum atomic E-state index is -0.476. The minimum absolute atomic E-state index is 0.000938. The highest BCUT2D eigenvalue weighted by Crippen LogP contribution is 2.32. The number of hydrogen-bond donors (Lipinski definition) is 1. The van der Waals surface area contributed by atoms with Gasteiger partial charge in [-0.05, 0) is 45.2 Å². The van der Waals surface area contributed by atoms with Crippen molar-refractivity contribution in [1.29, 1.82) is 0 Å². The molecule has 112 valence electrons. The Kier molecular flexibility index (Phi) is 4.91. The van der Waals surface area contributed by atoms with Crippen LogP contribution in [0.1, 0.15) is 31.0 Å². The summed E-state index contributed by atoms with van der Waals surface area (Å²) in [5, 5.41) is 3.03. The number of benzene rings is 2. The topological polar surface area (TPSA) is 21.3 Å². The van der Waals surface area contributed by atoms with Gasteiger partial charge in [-0.2, -0.15) is 0 Å². The van der Waals surface area contributed by atoms with Crippen LogP contribution in [0.15, 0.2) is 42.5 Å². The highest BCUT2D eigenvalue weighted by Gasteiger charge is 2.20. The molecule has 0 radical (unpaired) electrons. The van der Waals surface area contributed by atoms with Crippen molar-refractivity contribution >= 4 is 0 Å². The summed E-state index contributed by atoms with van der Waals surface area (Å²) in [4.78, 5) is 0. The van der Waals surface area contributed by atoms with Gasteiger partial charge in [-0.25, -0.2) is 8.78 Å². The fraction of sp³-hybridized carbons (Fsp3) is 0.294. The summed E-state index contributed by atoms with van der Waals surface area (Å²) in [5.41, 5.74) is 1.04. The largest absolute Gasteiger partial charge is 0.491 e. The highest BCUT2D eigenvalue weighted by molar-refractivity contribution is 5.42. The molecule has 0 aliphatic heterocycles. The van der Waals surface area contributed by atoms with Crippen molar-refractivity contribution in [2.75, 3.05) is 7.05 Å². The van der Waals surface area contributed by atoms with Gasteiger partial charge in [0.25, 0.3) is 0 Å². The molecule has 21 heavy (non-hydrogen) atoms. The lowest BCUT2D eigenvalue weighted by atomic mass is 9.97. The molecule has 0 fully saturated rings. The van der Waals surface area contributed by atoms with Gasteiger partial charge < -0.3 is 10.1 Å². The van der Waals surface area contributed by atoms with E-state index in [0.717, 1.165) is 17.7 Å². The van der Waals surface area contributed by atoms with E-state index < -0.39 is 17.7 Å². The average Bonchev–Trinajstić information content (AvgIpc) is 2.44. The zero-order chi connectivity index (χ0) is 15.4. The molecule has 2 nitrogen and oxygen atoms in total. The summed E-state index contributed by atoms with van der Waals surface area (Å²) in [6.45, 7) is 3.85. The molecule has 1 unspecified atom stereocenters. The summed E-state index contributed by atoms with van der Waals surface area (Å²) in [7, 11) is 1.71. The first-order chi connectivity index (χ1) is 10.0. The summed E-state index contributed by atoms with van der Waals surface area (Å²) in [6, 6.07) is 10.4. The molecule has 2 aromatic carbocycles. The molecule has 2 rings (SSSR count). The first-order valence-corrected chi connectivity index (χ1v) is 6.90. The Hall–Kier alpha value is -1.94. The van der Waals surface area contributed by atoms with Crippen molar-refractivity contribution in [3.05, 3.63) is 65.2 Å². The van der Waals surface area contributed by atoms with Crippen LogP contribution >= 0.6 is 0 Å². The Morgan fingerprint density at radius 2 is 1.71 bits per heavy atom. The van der Waals surface area contributed by atoms with Crippen LogP contribution in [0.3, 0.4) is 0 Å². The Balaban J connectivity index is 2.49. The van der Waals surface area contributed by atoms with E-state index in [1.807, 2.05) is 38.1 Å². The third-order valence-electron chi connectivity index (χ3n) is 3.15. The fourth-order valence-corrected chi connectivity index (χ4v) is 2.29. The van der Waals surface area contributed by atoms with E-state index in [1.54, 1.807) is 7.05 Å². The van der Waals surface area contributed by atoms with Crippen LogP contribution in [0.2, 0.25) is 0 Å². The lowest BCUT2D eigenvalue weighted by Crippen LogP contribution is -2.21.